The summed E-state index contributed by atoms with van der Waals surface area (Å²) in [5, 5.41) is 4.28. The Kier molecular flexibility index (Phi) is 6.69. The molecule has 0 spiro atoms. The molecule has 2 rings (SSSR count). The van der Waals surface area contributed by atoms with Gasteiger partial charge in [-0.15, -0.1) is 0 Å². The molecule has 1 aliphatic heterocycles. The van der Waals surface area contributed by atoms with Crippen molar-refractivity contribution in [1.29, 1.82) is 0 Å². The lowest BCUT2D eigenvalue weighted by Gasteiger charge is -2.34. The molecule has 1 aliphatic rings. The van der Waals surface area contributed by atoms with Crippen LogP contribution in [0.3, 0.4) is 0 Å². The van der Waals surface area contributed by atoms with Crippen molar-refractivity contribution in [3.05, 3.63) is 34.9 Å². The SMILES string of the molecule is CO[C@H](CNC1CCN(C(=O)N(C)C)CC1)c1ccccc1Cl. The van der Waals surface area contributed by atoms with E-state index < -0.39 is 0 Å². The van der Waals surface area contributed by atoms with Crippen molar-refractivity contribution in [1.82, 2.24) is 15.1 Å². The first kappa shape index (κ1) is 18.0. The molecule has 0 unspecified atom stereocenters. The Morgan fingerprint density at radius 1 is 1.39 bits per heavy atom. The van der Waals surface area contributed by atoms with E-state index in [0.717, 1.165) is 36.5 Å². The lowest BCUT2D eigenvalue weighted by Crippen LogP contribution is -2.48. The summed E-state index contributed by atoms with van der Waals surface area (Å²) in [6, 6.07) is 8.27. The number of methoxy groups -OCH3 is 1. The van der Waals surface area contributed by atoms with Crippen LogP contribution in [-0.4, -0.2) is 62.7 Å². The Bertz CT molecular complexity index is 516. The van der Waals surface area contributed by atoms with Crippen LogP contribution >= 0.6 is 11.6 Å². The molecule has 5 nitrogen and oxygen atoms in total. The van der Waals surface area contributed by atoms with Crippen LogP contribution in [0, 0.1) is 0 Å². The van der Waals surface area contributed by atoms with Gasteiger partial charge in [0.1, 0.15) is 0 Å². The van der Waals surface area contributed by atoms with E-state index in [1.165, 1.54) is 0 Å². The molecule has 23 heavy (non-hydrogen) atoms. The molecule has 1 N–H and O–H groups in total. The fraction of sp³-hybridized carbons (Fsp3) is 0.588. The number of carbonyl (C=O) groups is 1. The number of hydrogen-bond acceptors (Lipinski definition) is 3. The highest BCUT2D eigenvalue weighted by Crippen LogP contribution is 2.25. The fourth-order valence-corrected chi connectivity index (χ4v) is 3.15. The summed E-state index contributed by atoms with van der Waals surface area (Å²) in [4.78, 5) is 15.5. The van der Waals surface area contributed by atoms with Crippen LogP contribution < -0.4 is 5.32 Å². The largest absolute Gasteiger partial charge is 0.375 e. The number of nitrogens with one attached hydrogen (secondary N) is 1. The van der Waals surface area contributed by atoms with E-state index >= 15 is 0 Å². The Balaban J connectivity index is 1.82. The molecular formula is C17H26ClN3O2. The van der Waals surface area contributed by atoms with Crippen LogP contribution in [0.25, 0.3) is 0 Å². The summed E-state index contributed by atoms with van der Waals surface area (Å²) >= 11 is 6.25. The second-order valence-corrected chi connectivity index (χ2v) is 6.50. The van der Waals surface area contributed by atoms with E-state index in [1.807, 2.05) is 29.2 Å². The number of carbonyl (C=O) groups excluding carboxylic acids is 1. The zero-order chi connectivity index (χ0) is 16.8. The summed E-state index contributed by atoms with van der Waals surface area (Å²) < 4.78 is 5.58. The molecule has 6 heteroatoms. The van der Waals surface area contributed by atoms with Crippen molar-refractivity contribution in [3.63, 3.8) is 0 Å². The molecule has 1 heterocycles. The minimum atomic E-state index is -0.0647. The molecule has 1 saturated heterocycles. The highest BCUT2D eigenvalue weighted by Gasteiger charge is 2.24. The van der Waals surface area contributed by atoms with Crippen molar-refractivity contribution in [2.75, 3.05) is 40.8 Å². The second kappa shape index (κ2) is 8.52. The number of rotatable bonds is 5. The third kappa shape index (κ3) is 4.83. The fourth-order valence-electron chi connectivity index (χ4n) is 2.89. The molecular weight excluding hydrogens is 314 g/mol. The van der Waals surface area contributed by atoms with E-state index in [-0.39, 0.29) is 12.1 Å². The monoisotopic (exact) mass is 339 g/mol. The van der Waals surface area contributed by atoms with Gasteiger partial charge >= 0.3 is 6.03 Å². The summed E-state index contributed by atoms with van der Waals surface area (Å²) in [6.07, 6.45) is 1.85. The first-order valence-corrected chi connectivity index (χ1v) is 8.37. The molecule has 0 saturated carbocycles. The van der Waals surface area contributed by atoms with Gasteiger partial charge < -0.3 is 19.9 Å². The van der Waals surface area contributed by atoms with Gasteiger partial charge in [-0.2, -0.15) is 0 Å². The molecule has 1 aromatic carbocycles. The molecule has 128 valence electrons. The smallest absolute Gasteiger partial charge is 0.319 e. The van der Waals surface area contributed by atoms with Gasteiger partial charge in [0.2, 0.25) is 0 Å². The topological polar surface area (TPSA) is 44.8 Å². The highest BCUT2D eigenvalue weighted by atomic mass is 35.5. The van der Waals surface area contributed by atoms with Crippen LogP contribution in [0.5, 0.6) is 0 Å². The number of benzene rings is 1. The summed E-state index contributed by atoms with van der Waals surface area (Å²) in [7, 11) is 5.28. The molecule has 2 amide bonds. The van der Waals surface area contributed by atoms with Crippen LogP contribution in [0.1, 0.15) is 24.5 Å². The average Bonchev–Trinajstić information content (AvgIpc) is 2.56. The molecule has 0 bridgehead atoms. The Morgan fingerprint density at radius 2 is 2.04 bits per heavy atom. The molecule has 0 radical (unpaired) electrons. The number of likely N-dealkylation sites (tertiary alicyclic amines) is 1. The van der Waals surface area contributed by atoms with Gasteiger partial charge in [-0.1, -0.05) is 29.8 Å². The van der Waals surface area contributed by atoms with E-state index in [2.05, 4.69) is 5.32 Å². The number of halogens is 1. The molecule has 0 aromatic heterocycles. The lowest BCUT2D eigenvalue weighted by molar-refractivity contribution is 0.0946. The molecule has 1 fully saturated rings. The van der Waals surface area contributed by atoms with Crippen LogP contribution in [0.15, 0.2) is 24.3 Å². The lowest BCUT2D eigenvalue weighted by atomic mass is 10.0. The van der Waals surface area contributed by atoms with Crippen molar-refractivity contribution < 1.29 is 9.53 Å². The van der Waals surface area contributed by atoms with Gasteiger partial charge in [0.15, 0.2) is 0 Å². The molecule has 1 atom stereocenters. The summed E-state index contributed by atoms with van der Waals surface area (Å²) in [6.45, 7) is 2.30. The Labute approximate surface area is 143 Å². The molecule has 1 aromatic rings. The van der Waals surface area contributed by atoms with Gasteiger partial charge in [-0.3, -0.25) is 0 Å². The minimum absolute atomic E-state index is 0.0647. The predicted octanol–water partition coefficient (Wildman–Crippen LogP) is 2.76. The zero-order valence-corrected chi connectivity index (χ0v) is 14.8. The minimum Gasteiger partial charge on any atom is -0.375 e. The van der Waals surface area contributed by atoms with Gasteiger partial charge in [-0.25, -0.2) is 4.79 Å². The van der Waals surface area contributed by atoms with Crippen molar-refractivity contribution in [3.8, 4) is 0 Å². The number of piperidine rings is 1. The number of ether oxygens (including phenoxy) is 1. The van der Waals surface area contributed by atoms with E-state index in [0.29, 0.717) is 12.6 Å². The number of amides is 2. The van der Waals surface area contributed by atoms with Crippen LogP contribution in [0.2, 0.25) is 5.02 Å². The Morgan fingerprint density at radius 3 is 2.61 bits per heavy atom. The van der Waals surface area contributed by atoms with Crippen molar-refractivity contribution >= 4 is 17.6 Å². The standard InChI is InChI=1S/C17H26ClN3O2/c1-20(2)17(22)21-10-8-13(9-11-21)19-12-16(23-3)14-6-4-5-7-15(14)18/h4-7,13,16,19H,8-12H2,1-3H3/t16-/m1/s1. The van der Waals surface area contributed by atoms with Gasteiger partial charge in [-0.05, 0) is 18.9 Å². The predicted molar refractivity (Wildman–Crippen MR) is 92.9 cm³/mol. The number of urea groups is 1. The second-order valence-electron chi connectivity index (χ2n) is 6.09. The summed E-state index contributed by atoms with van der Waals surface area (Å²) in [5.74, 6) is 0. The third-order valence-electron chi connectivity index (χ3n) is 4.28. The Hall–Kier alpha value is -1.30. The summed E-state index contributed by atoms with van der Waals surface area (Å²) in [5.41, 5.74) is 1.00. The maximum atomic E-state index is 11.9. The first-order valence-electron chi connectivity index (χ1n) is 7.99. The van der Waals surface area contributed by atoms with E-state index in [1.54, 1.807) is 26.1 Å². The van der Waals surface area contributed by atoms with E-state index in [9.17, 15) is 4.79 Å². The third-order valence-corrected chi connectivity index (χ3v) is 4.62. The maximum absolute atomic E-state index is 11.9. The highest BCUT2D eigenvalue weighted by molar-refractivity contribution is 6.31. The van der Waals surface area contributed by atoms with Gasteiger partial charge in [0.25, 0.3) is 0 Å². The quantitative estimate of drug-likeness (QED) is 0.897. The van der Waals surface area contributed by atoms with E-state index in [4.69, 9.17) is 16.3 Å². The van der Waals surface area contributed by atoms with Gasteiger partial charge in [0.05, 0.1) is 6.10 Å². The van der Waals surface area contributed by atoms with Gasteiger partial charge in [0, 0.05) is 57.5 Å². The number of nitrogens with zero attached hydrogens (tertiary/aromatic N) is 2. The van der Waals surface area contributed by atoms with Crippen LogP contribution in [0.4, 0.5) is 4.79 Å². The van der Waals surface area contributed by atoms with Crippen molar-refractivity contribution in [2.45, 2.75) is 25.0 Å². The molecule has 0 aliphatic carbocycles. The average molecular weight is 340 g/mol. The zero-order valence-electron chi connectivity index (χ0n) is 14.1. The van der Waals surface area contributed by atoms with Crippen molar-refractivity contribution in [2.24, 2.45) is 0 Å². The number of hydrogen-bond donors (Lipinski definition) is 1. The normalized spacial score (nSPS) is 17.1. The van der Waals surface area contributed by atoms with Crippen LogP contribution in [-0.2, 0) is 4.74 Å². The maximum Gasteiger partial charge on any atom is 0.319 e. The first-order chi connectivity index (χ1) is 11.0.